The number of nitrogens with zero attached hydrogens (tertiary/aromatic N) is 10. The average molecular weight is 1880 g/mol. The van der Waals surface area contributed by atoms with E-state index in [1.165, 1.54) is 201 Å². The molecular formula is C138H80N10. The van der Waals surface area contributed by atoms with Crippen LogP contribution in [0.15, 0.2) is 487 Å². The van der Waals surface area contributed by atoms with Crippen LogP contribution in [0.1, 0.15) is 0 Å². The minimum absolute atomic E-state index is 0.930. The Morgan fingerprint density at radius 3 is 0.818 bits per heavy atom. The Labute approximate surface area is 847 Å². The molecule has 10 aromatic heterocycles. The molecule has 148 heavy (non-hydrogen) atoms. The molecule has 10 heteroatoms. The lowest BCUT2D eigenvalue weighted by Gasteiger charge is -2.18. The molecule has 0 aliphatic heterocycles. The number of hydrogen-bond donors (Lipinski definition) is 0. The van der Waals surface area contributed by atoms with Crippen LogP contribution >= 0.6 is 0 Å². The van der Waals surface area contributed by atoms with E-state index in [0.29, 0.717) is 0 Å². The fourth-order valence-corrected chi connectivity index (χ4v) is 24.0. The highest BCUT2D eigenvalue weighted by Crippen LogP contribution is 2.51. The summed E-state index contributed by atoms with van der Waals surface area (Å²) in [4.78, 5) is 47.0. The third-order valence-corrected chi connectivity index (χ3v) is 30.7. The molecule has 33 aromatic rings. The summed E-state index contributed by atoms with van der Waals surface area (Å²) in [5, 5.41) is 41.9. The van der Waals surface area contributed by atoms with Crippen molar-refractivity contribution in [2.45, 2.75) is 0 Å². The van der Waals surface area contributed by atoms with Crippen molar-refractivity contribution in [3.05, 3.63) is 487 Å². The van der Waals surface area contributed by atoms with Crippen LogP contribution in [0, 0.1) is 0 Å². The van der Waals surface area contributed by atoms with E-state index >= 15 is 0 Å². The van der Waals surface area contributed by atoms with Crippen molar-refractivity contribution in [1.82, 2.24) is 49.8 Å². The highest BCUT2D eigenvalue weighted by molar-refractivity contribution is 6.34. The quantitative estimate of drug-likeness (QED) is 0.136. The first-order valence-electron chi connectivity index (χ1n) is 50.1. The third kappa shape index (κ3) is 13.5. The summed E-state index contributed by atoms with van der Waals surface area (Å²) < 4.78 is 0. The molecule has 0 radical (unpaired) electrons. The third-order valence-electron chi connectivity index (χ3n) is 30.7. The molecule has 0 N–H and O–H groups in total. The fraction of sp³-hybridized carbons (Fsp3) is 0. The summed E-state index contributed by atoms with van der Waals surface area (Å²) >= 11 is 0. The van der Waals surface area contributed by atoms with Crippen LogP contribution in [-0.4, -0.2) is 49.8 Å². The van der Waals surface area contributed by atoms with Gasteiger partial charge in [-0.05, 0) is 276 Å². The van der Waals surface area contributed by atoms with E-state index < -0.39 is 0 Å². The number of pyridine rings is 10. The second kappa shape index (κ2) is 33.9. The van der Waals surface area contributed by atoms with Gasteiger partial charge in [0.15, 0.2) is 0 Å². The number of para-hydroxylation sites is 4. The topological polar surface area (TPSA) is 129 Å². The normalized spacial score (nSPS) is 11.9. The standard InChI is InChI=1S/C40H22N4.2C34H20N2.C30H18N2/c1-5-25-21-33(31-7-3-19-43-39(31)37(25)41-17-1)27-13-9-23-12-16-30-28(14-10-24-11-15-29(27)35(23)36(24)30)34-22-26-6-2-18-42-38(26)40-32(34)8-4-20-44-40;1-3-7-31-23(5-1)17-25(19-35-31)27-13-9-21-12-16-30-28(14-10-22-11-15-29(27)33(21)34(22)30)26-18-24-6-2-4-8-32(24)36-20-26;1-2-8-25-24(5-1)19-35-20-31(25)27-15-11-22-12-16-28-26(14-10-21-13-17-29(27)33(22)32(21)28)30-9-3-6-23-7-4-18-36-34(23)30;1-2-6-27-21(5-1)17-22(18-32-27)23-12-8-19-11-15-26-24(28-7-3-4-16-31-28)13-9-20-10-14-25(23)29(19)30(20)26/h1-22H;2*1-20H;1-18H. The minimum Gasteiger partial charge on any atom is -0.263 e. The molecule has 0 spiro atoms. The van der Waals surface area contributed by atoms with E-state index in [1.807, 2.05) is 129 Å². The summed E-state index contributed by atoms with van der Waals surface area (Å²) in [5.41, 5.74) is 26.6. The Balaban J connectivity index is 0.0000000916. The zero-order valence-corrected chi connectivity index (χ0v) is 79.7. The maximum absolute atomic E-state index is 4.78. The number of hydrogen-bond acceptors (Lipinski definition) is 10. The van der Waals surface area contributed by atoms with Crippen LogP contribution in [0.2, 0.25) is 0 Å². The molecule has 23 aromatic carbocycles. The Morgan fingerprint density at radius 2 is 0.412 bits per heavy atom. The first-order chi connectivity index (χ1) is 73.4. The largest absolute Gasteiger partial charge is 0.263 e. The average Bonchev–Trinajstić information content (AvgIpc) is 0.729. The lowest BCUT2D eigenvalue weighted by Crippen LogP contribution is -1.93. The highest BCUT2D eigenvalue weighted by Gasteiger charge is 2.25. The molecule has 0 bridgehead atoms. The van der Waals surface area contributed by atoms with Gasteiger partial charge in [0, 0.05) is 150 Å². The van der Waals surface area contributed by atoms with Gasteiger partial charge in [0.2, 0.25) is 0 Å². The lowest BCUT2D eigenvalue weighted by molar-refractivity contribution is 1.33. The van der Waals surface area contributed by atoms with Gasteiger partial charge in [0.1, 0.15) is 0 Å². The Morgan fingerprint density at radius 1 is 0.122 bits per heavy atom. The molecule has 0 atom stereocenters. The van der Waals surface area contributed by atoms with Crippen molar-refractivity contribution in [3.8, 4) is 89.1 Å². The molecule has 0 aliphatic rings. The van der Waals surface area contributed by atoms with Crippen molar-refractivity contribution in [1.29, 1.82) is 0 Å². The van der Waals surface area contributed by atoms with Crippen LogP contribution in [0.3, 0.4) is 0 Å². The van der Waals surface area contributed by atoms with E-state index in [1.54, 1.807) is 0 Å². The van der Waals surface area contributed by atoms with Crippen LogP contribution in [-0.2, 0) is 0 Å². The van der Waals surface area contributed by atoms with Gasteiger partial charge in [-0.3, -0.25) is 49.8 Å². The molecule has 0 saturated heterocycles. The van der Waals surface area contributed by atoms with E-state index in [9.17, 15) is 0 Å². The molecule has 0 fully saturated rings. The van der Waals surface area contributed by atoms with Gasteiger partial charge in [0.25, 0.3) is 0 Å². The minimum atomic E-state index is 0.930. The second-order valence-electron chi connectivity index (χ2n) is 38.6. The van der Waals surface area contributed by atoms with Crippen molar-refractivity contribution < 1.29 is 0 Å². The van der Waals surface area contributed by atoms with Crippen LogP contribution in [0.5, 0.6) is 0 Å². The predicted molar refractivity (Wildman–Crippen MR) is 620 cm³/mol. The number of benzene rings is 23. The summed E-state index contributed by atoms with van der Waals surface area (Å²) in [5.74, 6) is 0. The lowest BCUT2D eigenvalue weighted by atomic mass is 9.85. The van der Waals surface area contributed by atoms with Crippen molar-refractivity contribution in [3.63, 3.8) is 0 Å². The summed E-state index contributed by atoms with van der Waals surface area (Å²) in [7, 11) is 0. The zero-order valence-electron chi connectivity index (χ0n) is 79.7. The molecule has 10 heterocycles. The van der Waals surface area contributed by atoms with E-state index in [-0.39, 0.29) is 0 Å². The highest BCUT2D eigenvalue weighted by atomic mass is 14.7. The van der Waals surface area contributed by atoms with Gasteiger partial charge in [-0.25, -0.2) is 0 Å². The van der Waals surface area contributed by atoms with E-state index in [2.05, 4.69) is 378 Å². The Hall–Kier alpha value is -19.9. The second-order valence-corrected chi connectivity index (χ2v) is 38.6. The molecule has 0 saturated carbocycles. The SMILES string of the molecule is c1ccc(-c2ccc3ccc4c(-c5cnc6ccccc6c5)ccc5ccc2c3c54)nc1.c1ccc2c(-c3ccc4ccc5c(-c6cccc7cccnc67)ccc6ccc3c4c65)cncc2c1.c1ccc2ncc(-c3ccc4ccc5c(-c6cnc7ccccc7c6)ccc6ccc3c4c65)cc2c1.c1cnc2c(c1)cc(-c1ccc3ccc4c(-c5cc6cccnc6c6ncccc56)ccc5ccc1c3c54)c1cccnc12. The molecule has 682 valence electrons. The van der Waals surface area contributed by atoms with E-state index in [4.69, 9.17) is 29.9 Å². The van der Waals surface area contributed by atoms with Gasteiger partial charge in [-0.15, -0.1) is 0 Å². The monoisotopic (exact) mass is 1880 g/mol. The first-order valence-corrected chi connectivity index (χ1v) is 50.1. The van der Waals surface area contributed by atoms with Crippen molar-refractivity contribution in [2.24, 2.45) is 0 Å². The predicted octanol–water partition coefficient (Wildman–Crippen LogP) is 36.0. The van der Waals surface area contributed by atoms with Crippen LogP contribution in [0.4, 0.5) is 0 Å². The molecule has 0 aliphatic carbocycles. The Kier molecular flexibility index (Phi) is 19.2. The first kappa shape index (κ1) is 83.8. The molecule has 0 amide bonds. The smallest absolute Gasteiger partial charge is 0.0970 e. The molecule has 0 unspecified atom stereocenters. The van der Waals surface area contributed by atoms with Crippen LogP contribution in [0.25, 0.3) is 316 Å². The van der Waals surface area contributed by atoms with Gasteiger partial charge < -0.3 is 0 Å². The summed E-state index contributed by atoms with van der Waals surface area (Å²) in [6.07, 6.45) is 21.1. The number of rotatable bonds is 8. The molecule has 10 nitrogen and oxygen atoms in total. The number of fused-ring (bicyclic) bond motifs is 11. The van der Waals surface area contributed by atoms with Crippen molar-refractivity contribution in [2.75, 3.05) is 0 Å². The van der Waals surface area contributed by atoms with Gasteiger partial charge >= 0.3 is 0 Å². The molecule has 33 rings (SSSR count). The van der Waals surface area contributed by atoms with Crippen LogP contribution < -0.4 is 0 Å². The number of aromatic nitrogens is 10. The summed E-state index contributed by atoms with van der Waals surface area (Å²) in [6.45, 7) is 0. The maximum Gasteiger partial charge on any atom is 0.0970 e. The van der Waals surface area contributed by atoms with Crippen molar-refractivity contribution >= 4 is 227 Å². The van der Waals surface area contributed by atoms with E-state index in [0.717, 1.165) is 115 Å². The van der Waals surface area contributed by atoms with Gasteiger partial charge in [-0.2, -0.15) is 0 Å². The summed E-state index contributed by atoms with van der Waals surface area (Å²) in [6, 6.07) is 150. The van der Waals surface area contributed by atoms with Gasteiger partial charge in [0.05, 0.1) is 49.8 Å². The maximum atomic E-state index is 4.78. The Bertz CT molecular complexity index is 10800. The van der Waals surface area contributed by atoms with Gasteiger partial charge in [-0.1, -0.05) is 328 Å². The fourth-order valence-electron chi connectivity index (χ4n) is 24.0. The zero-order chi connectivity index (χ0) is 97.1. The molecular weight excluding hydrogens is 1800 g/mol.